The molecule has 2 fully saturated rings. The predicted molar refractivity (Wildman–Crippen MR) is 73.1 cm³/mol. The number of amides is 1. The molecule has 3 rings (SSSR count). The van der Waals surface area contributed by atoms with Gasteiger partial charge >= 0.3 is 0 Å². The Bertz CT molecular complexity index is 433. The van der Waals surface area contributed by atoms with E-state index in [1.54, 1.807) is 18.6 Å². The minimum atomic E-state index is 0.113. The number of piperidine rings is 2. The van der Waals surface area contributed by atoms with Gasteiger partial charge in [-0.2, -0.15) is 0 Å². The van der Waals surface area contributed by atoms with Gasteiger partial charge in [0.25, 0.3) is 5.91 Å². The first-order valence-corrected chi connectivity index (χ1v) is 7.24. The molecule has 2 aliphatic heterocycles. The molecule has 104 valence electrons. The first kappa shape index (κ1) is 12.7. The Hall–Kier alpha value is -1.29. The Balaban J connectivity index is 1.64. The maximum Gasteiger partial charge on any atom is 0.257 e. The average molecular weight is 262 g/mol. The van der Waals surface area contributed by atoms with E-state index in [1.165, 1.54) is 25.8 Å². The van der Waals surface area contributed by atoms with Crippen LogP contribution in [0.1, 0.15) is 42.5 Å². The summed E-state index contributed by atoms with van der Waals surface area (Å²) in [7, 11) is 2.24. The number of carbonyl (C=O) groups excluding carboxylic acids is 1. The monoisotopic (exact) mass is 262 g/mol. The second-order valence-electron chi connectivity index (χ2n) is 5.91. The lowest BCUT2D eigenvalue weighted by Crippen LogP contribution is -2.56. The van der Waals surface area contributed by atoms with Crippen LogP contribution in [0.25, 0.3) is 0 Å². The second kappa shape index (κ2) is 5.00. The van der Waals surface area contributed by atoms with Crippen LogP contribution in [0.5, 0.6) is 0 Å². The minimum Gasteiger partial charge on any atom is -0.472 e. The standard InChI is InChI=1S/C15H22N2O2/c1-16-8-3-2-5-15(16)6-9-17(10-7-15)14(18)13-4-11-19-12-13/h4,11-12H,2-3,5-10H2,1H3. The molecule has 1 aromatic heterocycles. The number of hydrogen-bond acceptors (Lipinski definition) is 3. The molecule has 1 spiro atoms. The molecule has 1 aromatic rings. The summed E-state index contributed by atoms with van der Waals surface area (Å²) >= 11 is 0. The molecule has 0 atom stereocenters. The minimum absolute atomic E-state index is 0.113. The lowest BCUT2D eigenvalue weighted by molar-refractivity contribution is 0.0111. The molecule has 0 aromatic carbocycles. The zero-order valence-electron chi connectivity index (χ0n) is 11.6. The molecule has 2 aliphatic rings. The van der Waals surface area contributed by atoms with Gasteiger partial charge in [0.15, 0.2) is 0 Å². The predicted octanol–water partition coefficient (Wildman–Crippen LogP) is 2.37. The molecular weight excluding hydrogens is 240 g/mol. The van der Waals surface area contributed by atoms with Crippen LogP contribution in [0.2, 0.25) is 0 Å². The van der Waals surface area contributed by atoms with Crippen molar-refractivity contribution in [1.82, 2.24) is 9.80 Å². The quantitative estimate of drug-likeness (QED) is 0.779. The van der Waals surface area contributed by atoms with Crippen molar-refractivity contribution in [2.75, 3.05) is 26.7 Å². The van der Waals surface area contributed by atoms with Crippen LogP contribution in [0.15, 0.2) is 23.0 Å². The SMILES string of the molecule is CN1CCCCC12CCN(C(=O)c1ccoc1)CC2. The van der Waals surface area contributed by atoms with Crippen LogP contribution in [0.4, 0.5) is 0 Å². The van der Waals surface area contributed by atoms with Crippen LogP contribution < -0.4 is 0 Å². The fourth-order valence-electron chi connectivity index (χ4n) is 3.56. The van der Waals surface area contributed by atoms with Gasteiger partial charge in [0.2, 0.25) is 0 Å². The highest BCUT2D eigenvalue weighted by Gasteiger charge is 2.40. The van der Waals surface area contributed by atoms with E-state index >= 15 is 0 Å². The van der Waals surface area contributed by atoms with Gasteiger partial charge in [-0.3, -0.25) is 4.79 Å². The Morgan fingerprint density at radius 1 is 1.21 bits per heavy atom. The maximum absolute atomic E-state index is 12.3. The number of hydrogen-bond donors (Lipinski definition) is 0. The van der Waals surface area contributed by atoms with Crippen LogP contribution in [-0.4, -0.2) is 47.9 Å². The van der Waals surface area contributed by atoms with E-state index in [2.05, 4.69) is 11.9 Å². The van der Waals surface area contributed by atoms with Crippen LogP contribution in [0, 0.1) is 0 Å². The van der Waals surface area contributed by atoms with Crippen molar-refractivity contribution in [3.05, 3.63) is 24.2 Å². The van der Waals surface area contributed by atoms with Gasteiger partial charge < -0.3 is 14.2 Å². The number of rotatable bonds is 1. The molecule has 2 saturated heterocycles. The van der Waals surface area contributed by atoms with E-state index in [-0.39, 0.29) is 5.91 Å². The fourth-order valence-corrected chi connectivity index (χ4v) is 3.56. The van der Waals surface area contributed by atoms with Crippen molar-refractivity contribution < 1.29 is 9.21 Å². The molecule has 4 heteroatoms. The molecule has 0 aliphatic carbocycles. The van der Waals surface area contributed by atoms with E-state index in [0.29, 0.717) is 11.1 Å². The summed E-state index contributed by atoms with van der Waals surface area (Å²) in [5, 5.41) is 0. The second-order valence-corrected chi connectivity index (χ2v) is 5.91. The summed E-state index contributed by atoms with van der Waals surface area (Å²) in [6.07, 6.45) is 9.25. The molecule has 0 unspecified atom stereocenters. The third-order valence-corrected chi connectivity index (χ3v) is 4.94. The molecule has 0 bridgehead atoms. The fraction of sp³-hybridized carbons (Fsp3) is 0.667. The van der Waals surface area contributed by atoms with Gasteiger partial charge in [-0.25, -0.2) is 0 Å². The van der Waals surface area contributed by atoms with Gasteiger partial charge in [0.05, 0.1) is 11.8 Å². The Morgan fingerprint density at radius 2 is 2.00 bits per heavy atom. The molecular formula is C15H22N2O2. The first-order chi connectivity index (χ1) is 9.21. The highest BCUT2D eigenvalue weighted by Crippen LogP contribution is 2.36. The summed E-state index contributed by atoms with van der Waals surface area (Å²) in [5.74, 6) is 0.113. The summed E-state index contributed by atoms with van der Waals surface area (Å²) in [4.78, 5) is 16.8. The van der Waals surface area contributed by atoms with Crippen LogP contribution in [0.3, 0.4) is 0 Å². The summed E-state index contributed by atoms with van der Waals surface area (Å²) in [5.41, 5.74) is 1.03. The highest BCUT2D eigenvalue weighted by atomic mass is 16.3. The summed E-state index contributed by atoms with van der Waals surface area (Å²) in [6, 6.07) is 1.75. The van der Waals surface area contributed by atoms with Crippen molar-refractivity contribution in [3.8, 4) is 0 Å². The molecule has 1 amide bonds. The van der Waals surface area contributed by atoms with Gasteiger partial charge in [0.1, 0.15) is 6.26 Å². The van der Waals surface area contributed by atoms with Crippen molar-refractivity contribution in [2.24, 2.45) is 0 Å². The highest BCUT2D eigenvalue weighted by molar-refractivity contribution is 5.93. The normalized spacial score (nSPS) is 23.7. The van der Waals surface area contributed by atoms with E-state index in [1.807, 2.05) is 4.90 Å². The number of furan rings is 1. The van der Waals surface area contributed by atoms with Gasteiger partial charge in [-0.15, -0.1) is 0 Å². The zero-order chi connectivity index (χ0) is 13.3. The zero-order valence-corrected chi connectivity index (χ0v) is 11.6. The molecule has 0 radical (unpaired) electrons. The van der Waals surface area contributed by atoms with Gasteiger partial charge in [0, 0.05) is 18.6 Å². The van der Waals surface area contributed by atoms with Crippen LogP contribution >= 0.6 is 0 Å². The van der Waals surface area contributed by atoms with E-state index in [4.69, 9.17) is 4.42 Å². The Morgan fingerprint density at radius 3 is 2.63 bits per heavy atom. The molecule has 19 heavy (non-hydrogen) atoms. The lowest BCUT2D eigenvalue weighted by Gasteiger charge is -2.50. The Labute approximate surface area is 114 Å². The smallest absolute Gasteiger partial charge is 0.257 e. The third kappa shape index (κ3) is 2.29. The average Bonchev–Trinajstić information content (AvgIpc) is 2.96. The molecule has 4 nitrogen and oxygen atoms in total. The first-order valence-electron chi connectivity index (χ1n) is 7.24. The van der Waals surface area contributed by atoms with E-state index < -0.39 is 0 Å². The molecule has 0 N–H and O–H groups in total. The maximum atomic E-state index is 12.3. The molecule has 0 saturated carbocycles. The van der Waals surface area contributed by atoms with Crippen LogP contribution in [-0.2, 0) is 0 Å². The van der Waals surface area contributed by atoms with Crippen molar-refractivity contribution in [2.45, 2.75) is 37.6 Å². The van der Waals surface area contributed by atoms with Crippen molar-refractivity contribution >= 4 is 5.91 Å². The van der Waals surface area contributed by atoms with Crippen molar-refractivity contribution in [1.29, 1.82) is 0 Å². The third-order valence-electron chi connectivity index (χ3n) is 4.94. The number of likely N-dealkylation sites (tertiary alicyclic amines) is 2. The molecule has 3 heterocycles. The van der Waals surface area contributed by atoms with Gasteiger partial charge in [-0.05, 0) is 45.3 Å². The van der Waals surface area contributed by atoms with Crippen molar-refractivity contribution in [3.63, 3.8) is 0 Å². The van der Waals surface area contributed by atoms with E-state index in [0.717, 1.165) is 25.9 Å². The Kier molecular flexibility index (Phi) is 3.35. The largest absolute Gasteiger partial charge is 0.472 e. The van der Waals surface area contributed by atoms with E-state index in [9.17, 15) is 4.79 Å². The summed E-state index contributed by atoms with van der Waals surface area (Å²) in [6.45, 7) is 2.94. The number of nitrogens with zero attached hydrogens (tertiary/aromatic N) is 2. The lowest BCUT2D eigenvalue weighted by atomic mass is 9.79. The topological polar surface area (TPSA) is 36.7 Å². The summed E-state index contributed by atoms with van der Waals surface area (Å²) < 4.78 is 5.00. The number of carbonyl (C=O) groups is 1. The van der Waals surface area contributed by atoms with Gasteiger partial charge in [-0.1, -0.05) is 6.42 Å².